The summed E-state index contributed by atoms with van der Waals surface area (Å²) in [6.07, 6.45) is 4.95. The summed E-state index contributed by atoms with van der Waals surface area (Å²) in [7, 11) is 0. The Hall–Kier alpha value is -1.58. The number of nitrogens with one attached hydrogen (secondary N) is 1. The minimum atomic E-state index is -0.423. The third kappa shape index (κ3) is 1.99. The van der Waals surface area contributed by atoms with Crippen LogP contribution in [-0.2, 0) is 9.59 Å². The lowest BCUT2D eigenvalue weighted by atomic mass is 9.96. The van der Waals surface area contributed by atoms with Gasteiger partial charge in [-0.1, -0.05) is 5.57 Å². The third-order valence-corrected chi connectivity index (χ3v) is 3.40. The Labute approximate surface area is 101 Å². The molecule has 4 heteroatoms. The summed E-state index contributed by atoms with van der Waals surface area (Å²) in [5.74, 6) is 0.584. The van der Waals surface area contributed by atoms with Crippen molar-refractivity contribution in [2.75, 3.05) is 6.54 Å². The average Bonchev–Trinajstić information content (AvgIpc) is 2.67. The molecule has 0 aliphatic carbocycles. The SMILES string of the molecule is CC(C)=CC(=O)NC1=CC(=O)[C@]2(C)CCCN12. The Kier molecular flexibility index (Phi) is 2.81. The van der Waals surface area contributed by atoms with E-state index in [0.717, 1.165) is 25.0 Å². The van der Waals surface area contributed by atoms with E-state index < -0.39 is 5.54 Å². The van der Waals surface area contributed by atoms with Gasteiger partial charge in [0.05, 0.1) is 0 Å². The minimum absolute atomic E-state index is 0.0995. The second kappa shape index (κ2) is 4.02. The van der Waals surface area contributed by atoms with Crippen LogP contribution >= 0.6 is 0 Å². The first-order valence-corrected chi connectivity index (χ1v) is 5.93. The lowest BCUT2D eigenvalue weighted by Crippen LogP contribution is -2.44. The lowest BCUT2D eigenvalue weighted by molar-refractivity contribution is -0.121. The number of carbonyl (C=O) groups is 2. The molecule has 2 rings (SSSR count). The summed E-state index contributed by atoms with van der Waals surface area (Å²) in [5, 5.41) is 2.79. The topological polar surface area (TPSA) is 49.4 Å². The Balaban J connectivity index is 2.14. The molecule has 0 radical (unpaired) electrons. The van der Waals surface area contributed by atoms with Crippen LogP contribution < -0.4 is 5.32 Å². The zero-order valence-corrected chi connectivity index (χ0v) is 10.5. The summed E-state index contributed by atoms with van der Waals surface area (Å²) in [6.45, 7) is 6.52. The standard InChI is InChI=1S/C13H18N2O2/c1-9(2)7-12(17)14-11-8-10(16)13(3)5-4-6-15(11)13/h7-8H,4-6H2,1-3H3,(H,14,17)/t13-/m0/s1. The van der Waals surface area contributed by atoms with Crippen LogP contribution in [0.3, 0.4) is 0 Å². The van der Waals surface area contributed by atoms with E-state index in [2.05, 4.69) is 5.32 Å². The van der Waals surface area contributed by atoms with Gasteiger partial charge < -0.3 is 10.2 Å². The van der Waals surface area contributed by atoms with Crippen LogP contribution in [0.1, 0.15) is 33.6 Å². The van der Waals surface area contributed by atoms with Crippen LogP contribution in [0.5, 0.6) is 0 Å². The van der Waals surface area contributed by atoms with Gasteiger partial charge in [-0.2, -0.15) is 0 Å². The molecule has 1 amide bonds. The lowest BCUT2D eigenvalue weighted by Gasteiger charge is -2.30. The van der Waals surface area contributed by atoms with E-state index in [0.29, 0.717) is 5.82 Å². The third-order valence-electron chi connectivity index (χ3n) is 3.40. The van der Waals surface area contributed by atoms with Gasteiger partial charge in [0.2, 0.25) is 5.91 Å². The van der Waals surface area contributed by atoms with Crippen LogP contribution in [0.25, 0.3) is 0 Å². The van der Waals surface area contributed by atoms with Gasteiger partial charge in [-0.15, -0.1) is 0 Å². The van der Waals surface area contributed by atoms with Gasteiger partial charge in [0.25, 0.3) is 0 Å². The maximum absolute atomic E-state index is 11.9. The largest absolute Gasteiger partial charge is 0.345 e. The first kappa shape index (κ1) is 11.9. The quantitative estimate of drug-likeness (QED) is 0.734. The van der Waals surface area contributed by atoms with Crippen LogP contribution in [0.2, 0.25) is 0 Å². The molecular weight excluding hydrogens is 216 g/mol. The van der Waals surface area contributed by atoms with Crippen molar-refractivity contribution in [3.05, 3.63) is 23.5 Å². The van der Waals surface area contributed by atoms with E-state index in [1.54, 1.807) is 6.08 Å². The highest BCUT2D eigenvalue weighted by molar-refractivity contribution is 6.02. The van der Waals surface area contributed by atoms with Crippen LogP contribution in [0.15, 0.2) is 23.5 Å². The molecule has 0 aromatic rings. The smallest absolute Gasteiger partial charge is 0.249 e. The Morgan fingerprint density at radius 2 is 2.24 bits per heavy atom. The fraction of sp³-hybridized carbons (Fsp3) is 0.538. The normalized spacial score (nSPS) is 26.6. The zero-order valence-electron chi connectivity index (χ0n) is 10.5. The molecule has 2 aliphatic rings. The van der Waals surface area contributed by atoms with Crippen molar-refractivity contribution in [3.63, 3.8) is 0 Å². The molecule has 4 nitrogen and oxygen atoms in total. The highest BCUT2D eigenvalue weighted by Crippen LogP contribution is 2.37. The molecule has 0 spiro atoms. The minimum Gasteiger partial charge on any atom is -0.345 e. The number of fused-ring (bicyclic) bond motifs is 1. The first-order valence-electron chi connectivity index (χ1n) is 5.93. The monoisotopic (exact) mass is 234 g/mol. The molecule has 0 unspecified atom stereocenters. The van der Waals surface area contributed by atoms with Gasteiger partial charge in [-0.05, 0) is 33.6 Å². The van der Waals surface area contributed by atoms with E-state index in [-0.39, 0.29) is 11.7 Å². The fourth-order valence-corrected chi connectivity index (χ4v) is 2.49. The molecule has 0 saturated carbocycles. The van der Waals surface area contributed by atoms with E-state index in [1.165, 1.54) is 6.08 Å². The van der Waals surface area contributed by atoms with Crippen LogP contribution in [0, 0.1) is 0 Å². The summed E-state index contributed by atoms with van der Waals surface area (Å²) < 4.78 is 0. The Morgan fingerprint density at radius 3 is 2.88 bits per heavy atom. The van der Waals surface area contributed by atoms with E-state index in [1.807, 2.05) is 25.7 Å². The molecule has 1 saturated heterocycles. The number of carbonyl (C=O) groups excluding carboxylic acids is 2. The van der Waals surface area contributed by atoms with Crippen molar-refractivity contribution in [2.45, 2.75) is 39.2 Å². The van der Waals surface area contributed by atoms with Crippen molar-refractivity contribution in [1.29, 1.82) is 0 Å². The summed E-state index contributed by atoms with van der Waals surface area (Å²) >= 11 is 0. The molecule has 1 fully saturated rings. The van der Waals surface area contributed by atoms with Gasteiger partial charge in [-0.25, -0.2) is 0 Å². The maximum Gasteiger partial charge on any atom is 0.249 e. The average molecular weight is 234 g/mol. The second-order valence-corrected chi connectivity index (χ2v) is 5.13. The van der Waals surface area contributed by atoms with Crippen molar-refractivity contribution in [3.8, 4) is 0 Å². The molecule has 2 heterocycles. The van der Waals surface area contributed by atoms with Crippen molar-refractivity contribution in [1.82, 2.24) is 10.2 Å². The number of amides is 1. The van der Waals surface area contributed by atoms with Gasteiger partial charge in [0, 0.05) is 18.7 Å². The zero-order chi connectivity index (χ0) is 12.6. The van der Waals surface area contributed by atoms with Crippen molar-refractivity contribution in [2.24, 2.45) is 0 Å². The molecule has 92 valence electrons. The van der Waals surface area contributed by atoms with Gasteiger partial charge in [0.15, 0.2) is 5.78 Å². The van der Waals surface area contributed by atoms with Crippen LogP contribution in [0.4, 0.5) is 0 Å². The highest BCUT2D eigenvalue weighted by Gasteiger charge is 2.47. The number of allylic oxidation sites excluding steroid dienone is 1. The highest BCUT2D eigenvalue weighted by atomic mass is 16.2. The first-order chi connectivity index (χ1) is 7.93. The Bertz CT molecular complexity index is 433. The second-order valence-electron chi connectivity index (χ2n) is 5.13. The van der Waals surface area contributed by atoms with Gasteiger partial charge in [0.1, 0.15) is 11.4 Å². The molecule has 17 heavy (non-hydrogen) atoms. The van der Waals surface area contributed by atoms with E-state index >= 15 is 0 Å². The summed E-state index contributed by atoms with van der Waals surface area (Å²) in [6, 6.07) is 0. The molecule has 1 atom stereocenters. The van der Waals surface area contributed by atoms with Gasteiger partial charge in [-0.3, -0.25) is 9.59 Å². The maximum atomic E-state index is 11.9. The van der Waals surface area contributed by atoms with E-state index in [9.17, 15) is 9.59 Å². The molecule has 0 aromatic carbocycles. The predicted molar refractivity (Wildman–Crippen MR) is 65.0 cm³/mol. The number of rotatable bonds is 2. The molecular formula is C13H18N2O2. The molecule has 0 aromatic heterocycles. The summed E-state index contributed by atoms with van der Waals surface area (Å²) in [4.78, 5) is 25.6. The van der Waals surface area contributed by atoms with Crippen molar-refractivity contribution < 1.29 is 9.59 Å². The number of nitrogens with zero attached hydrogens (tertiary/aromatic N) is 1. The summed E-state index contributed by atoms with van der Waals surface area (Å²) in [5.41, 5.74) is 0.518. The fourth-order valence-electron chi connectivity index (χ4n) is 2.49. The van der Waals surface area contributed by atoms with Gasteiger partial charge >= 0.3 is 0 Å². The number of hydrogen-bond acceptors (Lipinski definition) is 3. The predicted octanol–water partition coefficient (Wildman–Crippen LogP) is 1.35. The van der Waals surface area contributed by atoms with Crippen molar-refractivity contribution >= 4 is 11.7 Å². The number of ketones is 1. The number of hydrogen-bond donors (Lipinski definition) is 1. The van der Waals surface area contributed by atoms with Crippen LogP contribution in [-0.4, -0.2) is 28.7 Å². The molecule has 0 bridgehead atoms. The molecule has 2 aliphatic heterocycles. The Morgan fingerprint density at radius 1 is 1.53 bits per heavy atom. The molecule has 1 N–H and O–H groups in total. The van der Waals surface area contributed by atoms with E-state index in [4.69, 9.17) is 0 Å².